The van der Waals surface area contributed by atoms with Crippen molar-refractivity contribution < 1.29 is 9.53 Å². The lowest BCUT2D eigenvalue weighted by atomic mass is 9.90. The maximum atomic E-state index is 12.4. The molecule has 1 aliphatic carbocycles. The minimum Gasteiger partial charge on any atom is -0.495 e. The fourth-order valence-electron chi connectivity index (χ4n) is 3.94. The van der Waals surface area contributed by atoms with E-state index >= 15 is 0 Å². The summed E-state index contributed by atoms with van der Waals surface area (Å²) in [5.41, 5.74) is 9.79. The van der Waals surface area contributed by atoms with Crippen LogP contribution in [0.4, 0.5) is 10.5 Å². The highest BCUT2D eigenvalue weighted by Gasteiger charge is 2.32. The number of methoxy groups -OCH3 is 1. The van der Waals surface area contributed by atoms with Crippen molar-refractivity contribution in [1.82, 2.24) is 4.98 Å². The lowest BCUT2D eigenvalue weighted by Gasteiger charge is -2.33. The van der Waals surface area contributed by atoms with Gasteiger partial charge in [0.15, 0.2) is 0 Å². The number of rotatable bonds is 3. The number of aromatic nitrogens is 1. The Morgan fingerprint density at radius 3 is 2.85 bits per heavy atom. The molecule has 1 unspecified atom stereocenters. The fourth-order valence-corrected chi connectivity index (χ4v) is 4.55. The quantitative estimate of drug-likeness (QED) is 0.551. The third kappa shape index (κ3) is 3.17. The van der Waals surface area contributed by atoms with E-state index in [1.807, 2.05) is 18.2 Å². The third-order valence-corrected chi connectivity index (χ3v) is 5.89. The van der Waals surface area contributed by atoms with Gasteiger partial charge < -0.3 is 15.5 Å². The van der Waals surface area contributed by atoms with E-state index in [0.29, 0.717) is 16.5 Å². The van der Waals surface area contributed by atoms with Gasteiger partial charge in [-0.05, 0) is 61.2 Å². The Balaban J connectivity index is 1.83. The van der Waals surface area contributed by atoms with E-state index in [1.165, 1.54) is 10.9 Å². The molecule has 1 atom stereocenters. The number of nitrogens with zero attached hydrogens (tertiary/aromatic N) is 1. The fraction of sp³-hybridized carbons (Fsp3) is 0.250. The molecule has 7 heteroatoms. The van der Waals surface area contributed by atoms with Crippen LogP contribution in [0.15, 0.2) is 40.9 Å². The molecule has 3 N–H and O–H groups in total. The van der Waals surface area contributed by atoms with Gasteiger partial charge >= 0.3 is 6.03 Å². The summed E-state index contributed by atoms with van der Waals surface area (Å²) >= 11 is 9.83. The van der Waals surface area contributed by atoms with Crippen LogP contribution in [0.25, 0.3) is 10.9 Å². The van der Waals surface area contributed by atoms with Crippen molar-refractivity contribution >= 4 is 50.2 Å². The Bertz CT molecular complexity index is 1030. The van der Waals surface area contributed by atoms with E-state index in [-0.39, 0.29) is 6.04 Å². The summed E-state index contributed by atoms with van der Waals surface area (Å²) < 4.78 is 6.25. The number of primary amides is 1. The molecule has 1 aromatic heterocycles. The summed E-state index contributed by atoms with van der Waals surface area (Å²) in [5, 5.41) is 1.62. The third-order valence-electron chi connectivity index (χ3n) is 5.10. The van der Waals surface area contributed by atoms with Crippen molar-refractivity contribution in [3.05, 3.63) is 57.2 Å². The largest absolute Gasteiger partial charge is 0.495 e. The first-order valence-electron chi connectivity index (χ1n) is 8.72. The molecule has 0 fully saturated rings. The van der Waals surface area contributed by atoms with Gasteiger partial charge in [0.2, 0.25) is 0 Å². The maximum Gasteiger partial charge on any atom is 0.319 e. The molecule has 0 radical (unpaired) electrons. The molecule has 5 nitrogen and oxygen atoms in total. The first-order chi connectivity index (χ1) is 13.0. The minimum atomic E-state index is -0.506. The normalized spacial score (nSPS) is 16.2. The molecule has 140 valence electrons. The molecule has 0 saturated carbocycles. The predicted octanol–water partition coefficient (Wildman–Crippen LogP) is 5.56. The van der Waals surface area contributed by atoms with Crippen molar-refractivity contribution in [2.75, 3.05) is 12.0 Å². The second-order valence-corrected chi connectivity index (χ2v) is 7.97. The van der Waals surface area contributed by atoms with Crippen molar-refractivity contribution in [3.8, 4) is 5.75 Å². The van der Waals surface area contributed by atoms with Gasteiger partial charge in [-0.15, -0.1) is 0 Å². The number of anilines is 1. The molecule has 2 amide bonds. The summed E-state index contributed by atoms with van der Waals surface area (Å²) in [7, 11) is 1.56. The van der Waals surface area contributed by atoms with E-state index in [4.69, 9.17) is 22.1 Å². The molecule has 27 heavy (non-hydrogen) atoms. The van der Waals surface area contributed by atoms with Gasteiger partial charge in [0.25, 0.3) is 0 Å². The number of benzene rings is 2. The number of aryl methyl sites for hydroxylation is 1. The molecular weight excluding hydrogens is 430 g/mol. The summed E-state index contributed by atoms with van der Waals surface area (Å²) in [6, 6.07) is 10.8. The number of hydrogen-bond donors (Lipinski definition) is 2. The first-order valence-corrected chi connectivity index (χ1v) is 9.89. The Morgan fingerprint density at radius 2 is 2.15 bits per heavy atom. The highest BCUT2D eigenvalue weighted by Crippen LogP contribution is 2.41. The number of halogens is 2. The number of hydrogen-bond acceptors (Lipinski definition) is 2. The topological polar surface area (TPSA) is 71.3 Å². The summed E-state index contributed by atoms with van der Waals surface area (Å²) in [6.07, 6.45) is 2.77. The van der Waals surface area contributed by atoms with Gasteiger partial charge in [0, 0.05) is 26.8 Å². The Hall–Kier alpha value is -2.18. The summed E-state index contributed by atoms with van der Waals surface area (Å²) in [4.78, 5) is 17.5. The van der Waals surface area contributed by atoms with Gasteiger partial charge in [0.1, 0.15) is 5.75 Å². The number of nitrogens with two attached hydrogens (primary N) is 1. The van der Waals surface area contributed by atoms with Crippen LogP contribution in [0.1, 0.15) is 30.1 Å². The molecule has 3 aromatic rings. The molecule has 1 heterocycles. The highest BCUT2D eigenvalue weighted by molar-refractivity contribution is 9.10. The second-order valence-electron chi connectivity index (χ2n) is 6.64. The zero-order chi connectivity index (χ0) is 19.1. The number of fused-ring (bicyclic) bond motifs is 3. The number of carbonyl (C=O) groups is 1. The van der Waals surface area contributed by atoms with Crippen LogP contribution in [0, 0.1) is 0 Å². The van der Waals surface area contributed by atoms with Crippen molar-refractivity contribution in [3.63, 3.8) is 0 Å². The molecule has 0 saturated heterocycles. The summed E-state index contributed by atoms with van der Waals surface area (Å²) in [6.45, 7) is 0. The van der Waals surface area contributed by atoms with Gasteiger partial charge in [0.05, 0.1) is 18.2 Å². The van der Waals surface area contributed by atoms with Gasteiger partial charge in [-0.2, -0.15) is 0 Å². The molecule has 4 rings (SSSR count). The lowest BCUT2D eigenvalue weighted by Crippen LogP contribution is -2.40. The summed E-state index contributed by atoms with van der Waals surface area (Å²) in [5.74, 6) is 0.560. The highest BCUT2D eigenvalue weighted by atomic mass is 79.9. The van der Waals surface area contributed by atoms with Gasteiger partial charge in [-0.3, -0.25) is 4.90 Å². The zero-order valence-electron chi connectivity index (χ0n) is 14.8. The Morgan fingerprint density at radius 1 is 1.33 bits per heavy atom. The maximum absolute atomic E-state index is 12.4. The van der Waals surface area contributed by atoms with Crippen LogP contribution in [0.2, 0.25) is 5.02 Å². The zero-order valence-corrected chi connectivity index (χ0v) is 17.1. The van der Waals surface area contributed by atoms with E-state index in [1.54, 1.807) is 24.1 Å². The number of amides is 2. The molecule has 1 aliphatic rings. The monoisotopic (exact) mass is 447 g/mol. The van der Waals surface area contributed by atoms with Crippen LogP contribution >= 0.6 is 27.5 Å². The predicted molar refractivity (Wildman–Crippen MR) is 112 cm³/mol. The molecular formula is C20H19BrClN3O2. The standard InChI is InChI=1S/C20H19BrClN3O2/c1-27-18-8-6-12(10-15(18)22)25(20(23)26)17-4-2-3-13-14-9-11(21)5-7-16(14)24-19(13)17/h5-10,17,24H,2-4H2,1H3,(H2,23,26). The lowest BCUT2D eigenvalue weighted by molar-refractivity contribution is 0.250. The second kappa shape index (κ2) is 7.09. The first kappa shape index (κ1) is 18.2. The van der Waals surface area contributed by atoms with Crippen LogP contribution in [-0.2, 0) is 6.42 Å². The molecule has 0 aliphatic heterocycles. The smallest absolute Gasteiger partial charge is 0.319 e. The molecule has 2 aromatic carbocycles. The van der Waals surface area contributed by atoms with Crippen LogP contribution in [0.3, 0.4) is 0 Å². The Kier molecular flexibility index (Phi) is 4.78. The average Bonchev–Trinajstić information content (AvgIpc) is 3.01. The average molecular weight is 449 g/mol. The number of carbonyl (C=O) groups excluding carboxylic acids is 1. The minimum absolute atomic E-state index is 0.165. The molecule has 0 bridgehead atoms. The van der Waals surface area contributed by atoms with Crippen molar-refractivity contribution in [1.29, 1.82) is 0 Å². The number of aromatic amines is 1. The Labute approximate surface area is 170 Å². The molecule has 0 spiro atoms. The van der Waals surface area contributed by atoms with Crippen molar-refractivity contribution in [2.24, 2.45) is 5.73 Å². The SMILES string of the molecule is COc1ccc(N(C(N)=O)C2CCCc3c2[nH]c2ccc(Br)cc32)cc1Cl. The van der Waals surface area contributed by atoms with Crippen molar-refractivity contribution in [2.45, 2.75) is 25.3 Å². The van der Waals surface area contributed by atoms with Crippen LogP contribution < -0.4 is 15.4 Å². The van der Waals surface area contributed by atoms with E-state index < -0.39 is 6.03 Å². The number of ether oxygens (including phenoxy) is 1. The van der Waals surface area contributed by atoms with Gasteiger partial charge in [-0.1, -0.05) is 27.5 Å². The van der Waals surface area contributed by atoms with E-state index in [9.17, 15) is 4.79 Å². The van der Waals surface area contributed by atoms with Crippen LogP contribution in [0.5, 0.6) is 5.75 Å². The van der Waals surface area contributed by atoms with E-state index in [0.717, 1.165) is 34.9 Å². The number of H-pyrrole nitrogens is 1. The number of nitrogens with one attached hydrogen (secondary N) is 1. The van der Waals surface area contributed by atoms with Gasteiger partial charge in [-0.25, -0.2) is 4.79 Å². The van der Waals surface area contributed by atoms with Crippen LogP contribution in [-0.4, -0.2) is 18.1 Å². The number of urea groups is 1. The van der Waals surface area contributed by atoms with E-state index in [2.05, 4.69) is 27.0 Å².